The number of esters is 1. The minimum Gasteiger partial charge on any atom is -0.489 e. The third-order valence-electron chi connectivity index (χ3n) is 6.41. The van der Waals surface area contributed by atoms with Crippen molar-refractivity contribution in [3.8, 4) is 11.5 Å². The van der Waals surface area contributed by atoms with Crippen molar-refractivity contribution >= 4 is 11.8 Å². The van der Waals surface area contributed by atoms with Crippen LogP contribution in [-0.4, -0.2) is 18.9 Å². The summed E-state index contributed by atoms with van der Waals surface area (Å²) >= 11 is 0. The Balaban J connectivity index is 1.65. The summed E-state index contributed by atoms with van der Waals surface area (Å²) in [7, 11) is 1.36. The molecule has 4 aromatic carbocycles. The minimum absolute atomic E-state index is 0.0991. The van der Waals surface area contributed by atoms with Gasteiger partial charge in [0, 0.05) is 24.0 Å². The zero-order valence-electron chi connectivity index (χ0n) is 21.8. The number of ketones is 1. The molecule has 0 bridgehead atoms. The molecule has 5 nitrogen and oxygen atoms in total. The van der Waals surface area contributed by atoms with Crippen LogP contribution >= 0.6 is 0 Å². The number of methoxy groups -OCH3 is 1. The van der Waals surface area contributed by atoms with Crippen molar-refractivity contribution in [2.24, 2.45) is 0 Å². The Hall–Kier alpha value is -4.38. The molecule has 1 unspecified atom stereocenters. The molecule has 4 aromatic rings. The first kappa shape index (κ1) is 26.7. The van der Waals surface area contributed by atoms with Crippen molar-refractivity contribution in [3.63, 3.8) is 0 Å². The predicted molar refractivity (Wildman–Crippen MR) is 147 cm³/mol. The maximum absolute atomic E-state index is 14.0. The molecule has 5 heteroatoms. The number of hydrogen-bond acceptors (Lipinski definition) is 5. The van der Waals surface area contributed by atoms with Crippen molar-refractivity contribution in [1.29, 1.82) is 0 Å². The van der Waals surface area contributed by atoms with Crippen LogP contribution in [0.5, 0.6) is 11.5 Å². The molecule has 0 heterocycles. The average molecular weight is 509 g/mol. The van der Waals surface area contributed by atoms with E-state index in [9.17, 15) is 9.59 Å². The van der Waals surface area contributed by atoms with Gasteiger partial charge in [0.15, 0.2) is 5.78 Å². The first-order valence-corrected chi connectivity index (χ1v) is 12.7. The molecule has 0 spiro atoms. The molecule has 0 aliphatic rings. The van der Waals surface area contributed by atoms with E-state index < -0.39 is 5.92 Å². The van der Waals surface area contributed by atoms with Crippen molar-refractivity contribution in [3.05, 3.63) is 131 Å². The van der Waals surface area contributed by atoms with Gasteiger partial charge in [-0.1, -0.05) is 84.9 Å². The number of aryl methyl sites for hydroxylation is 1. The Kier molecular flexibility index (Phi) is 9.30. The van der Waals surface area contributed by atoms with Crippen LogP contribution in [0, 0.1) is 6.92 Å². The van der Waals surface area contributed by atoms with Gasteiger partial charge in [-0.15, -0.1) is 0 Å². The fraction of sp³-hybridized carbons (Fsp3) is 0.212. The van der Waals surface area contributed by atoms with E-state index in [2.05, 4.69) is 0 Å². The smallest absolute Gasteiger partial charge is 0.305 e. The van der Waals surface area contributed by atoms with Crippen LogP contribution in [0.1, 0.15) is 51.4 Å². The molecule has 0 saturated heterocycles. The van der Waals surface area contributed by atoms with E-state index in [0.29, 0.717) is 36.7 Å². The Labute approximate surface area is 224 Å². The van der Waals surface area contributed by atoms with Crippen LogP contribution in [0.4, 0.5) is 0 Å². The lowest BCUT2D eigenvalue weighted by Gasteiger charge is -2.19. The summed E-state index contributed by atoms with van der Waals surface area (Å²) < 4.78 is 17.0. The zero-order chi connectivity index (χ0) is 26.7. The lowest BCUT2D eigenvalue weighted by atomic mass is 9.84. The Morgan fingerprint density at radius 1 is 0.711 bits per heavy atom. The van der Waals surface area contributed by atoms with Gasteiger partial charge in [0.25, 0.3) is 0 Å². The number of rotatable bonds is 12. The van der Waals surface area contributed by atoms with Gasteiger partial charge in [0.2, 0.25) is 0 Å². The first-order valence-electron chi connectivity index (χ1n) is 12.7. The second-order valence-corrected chi connectivity index (χ2v) is 9.13. The molecule has 0 fully saturated rings. The van der Waals surface area contributed by atoms with Crippen LogP contribution in [0.25, 0.3) is 0 Å². The number of ether oxygens (including phenoxy) is 3. The second kappa shape index (κ2) is 13.2. The molecule has 1 atom stereocenters. The van der Waals surface area contributed by atoms with Gasteiger partial charge in [-0.25, -0.2) is 0 Å². The Morgan fingerprint density at radius 2 is 1.24 bits per heavy atom. The summed E-state index contributed by atoms with van der Waals surface area (Å²) in [6.07, 6.45) is 0.481. The molecule has 0 saturated carbocycles. The molecule has 0 amide bonds. The number of carbonyl (C=O) groups excluding carboxylic acids is 2. The number of carbonyl (C=O) groups is 2. The van der Waals surface area contributed by atoms with Crippen LogP contribution in [0.2, 0.25) is 0 Å². The molecular weight excluding hydrogens is 476 g/mol. The summed E-state index contributed by atoms with van der Waals surface area (Å²) in [6, 6.07) is 32.8. The number of benzene rings is 4. The Bertz CT molecular complexity index is 1290. The molecule has 0 aliphatic heterocycles. The highest BCUT2D eigenvalue weighted by atomic mass is 16.5. The van der Waals surface area contributed by atoms with E-state index >= 15 is 0 Å². The fourth-order valence-corrected chi connectivity index (χ4v) is 4.33. The third kappa shape index (κ3) is 7.32. The van der Waals surface area contributed by atoms with Crippen molar-refractivity contribution in [2.75, 3.05) is 7.11 Å². The number of Topliss-reactive ketones (excluding diaryl/α,β-unsaturated/α-hetero) is 1. The van der Waals surface area contributed by atoms with Crippen molar-refractivity contribution in [1.82, 2.24) is 0 Å². The lowest BCUT2D eigenvalue weighted by Crippen LogP contribution is -2.16. The Morgan fingerprint density at radius 3 is 1.76 bits per heavy atom. The topological polar surface area (TPSA) is 61.8 Å². The predicted octanol–water partition coefficient (Wildman–Crippen LogP) is 7.07. The third-order valence-corrected chi connectivity index (χ3v) is 6.41. The summed E-state index contributed by atoms with van der Waals surface area (Å²) in [5, 5.41) is 0. The van der Waals surface area contributed by atoms with Gasteiger partial charge in [-0.2, -0.15) is 0 Å². The monoisotopic (exact) mass is 508 g/mol. The number of hydrogen-bond donors (Lipinski definition) is 0. The summed E-state index contributed by atoms with van der Waals surface area (Å²) in [5.41, 5.74) is 4.40. The van der Waals surface area contributed by atoms with E-state index in [1.165, 1.54) is 7.11 Å². The van der Waals surface area contributed by atoms with Gasteiger partial charge in [0.05, 0.1) is 7.11 Å². The van der Waals surface area contributed by atoms with Crippen LogP contribution in [0.3, 0.4) is 0 Å². The molecular formula is C33H32O5. The SMILES string of the molecule is COC(=O)CCC(C(=O)c1cc(OCc2ccccc2)cc(OCc2ccccc2)c1)c1ccccc1C. The van der Waals surface area contributed by atoms with Gasteiger partial charge in [-0.05, 0) is 47.7 Å². The molecule has 4 rings (SSSR count). The lowest BCUT2D eigenvalue weighted by molar-refractivity contribution is -0.140. The van der Waals surface area contributed by atoms with E-state index in [0.717, 1.165) is 22.3 Å². The normalized spacial score (nSPS) is 11.4. The summed E-state index contributed by atoms with van der Waals surface area (Å²) in [6.45, 7) is 2.70. The molecule has 0 N–H and O–H groups in total. The fourth-order valence-electron chi connectivity index (χ4n) is 4.33. The molecule has 0 radical (unpaired) electrons. The molecule has 38 heavy (non-hydrogen) atoms. The highest BCUT2D eigenvalue weighted by molar-refractivity contribution is 6.02. The quantitative estimate of drug-likeness (QED) is 0.151. The molecule has 0 aliphatic carbocycles. The van der Waals surface area contributed by atoms with Gasteiger partial charge in [-0.3, -0.25) is 9.59 Å². The van der Waals surface area contributed by atoms with E-state index in [-0.39, 0.29) is 18.2 Å². The van der Waals surface area contributed by atoms with Gasteiger partial charge in [0.1, 0.15) is 24.7 Å². The zero-order valence-corrected chi connectivity index (χ0v) is 21.8. The van der Waals surface area contributed by atoms with Crippen molar-refractivity contribution in [2.45, 2.75) is 38.9 Å². The van der Waals surface area contributed by atoms with Gasteiger partial charge >= 0.3 is 5.97 Å². The average Bonchev–Trinajstić information content (AvgIpc) is 2.96. The standard InChI is InChI=1S/C33H32O5/c1-24-11-9-10-16-30(24)31(17-18-32(34)36-2)33(35)27-19-28(37-22-25-12-5-3-6-13-25)21-29(20-27)38-23-26-14-7-4-8-15-26/h3-16,19-21,31H,17-18,22-23H2,1-2H3. The minimum atomic E-state index is -0.512. The summed E-state index contributed by atoms with van der Waals surface area (Å²) in [5.74, 6) is 0.126. The highest BCUT2D eigenvalue weighted by Crippen LogP contribution is 2.32. The highest BCUT2D eigenvalue weighted by Gasteiger charge is 2.25. The summed E-state index contributed by atoms with van der Waals surface area (Å²) in [4.78, 5) is 26.0. The van der Waals surface area contributed by atoms with Crippen LogP contribution < -0.4 is 9.47 Å². The maximum atomic E-state index is 14.0. The van der Waals surface area contributed by atoms with Gasteiger partial charge < -0.3 is 14.2 Å². The van der Waals surface area contributed by atoms with E-state index in [1.807, 2.05) is 91.9 Å². The van der Waals surface area contributed by atoms with E-state index in [1.54, 1.807) is 18.2 Å². The molecule has 0 aromatic heterocycles. The second-order valence-electron chi connectivity index (χ2n) is 9.13. The first-order chi connectivity index (χ1) is 18.5. The van der Waals surface area contributed by atoms with Crippen LogP contribution in [-0.2, 0) is 22.7 Å². The molecule has 194 valence electrons. The largest absolute Gasteiger partial charge is 0.489 e. The maximum Gasteiger partial charge on any atom is 0.305 e. The van der Waals surface area contributed by atoms with E-state index in [4.69, 9.17) is 14.2 Å². The van der Waals surface area contributed by atoms with Crippen LogP contribution in [0.15, 0.2) is 103 Å². The van der Waals surface area contributed by atoms with Crippen molar-refractivity contribution < 1.29 is 23.8 Å².